The summed E-state index contributed by atoms with van der Waals surface area (Å²) in [5.74, 6) is 1.05. The van der Waals surface area contributed by atoms with Crippen LogP contribution in [0.5, 0.6) is 0 Å². The zero-order valence-corrected chi connectivity index (χ0v) is 21.9. The van der Waals surface area contributed by atoms with Gasteiger partial charge in [0.15, 0.2) is 27.7 Å². The normalized spacial score (nSPS) is 51.5. The highest BCUT2D eigenvalue weighted by atomic mass is 28.4. The van der Waals surface area contributed by atoms with Crippen molar-refractivity contribution in [3.8, 4) is 0 Å². The first-order valence-corrected chi connectivity index (χ1v) is 16.4. The second-order valence-electron chi connectivity index (χ2n) is 12.9. The molecule has 2 saturated heterocycles. The molecule has 8 atom stereocenters. The number of ketones is 1. The first-order valence-electron chi connectivity index (χ1n) is 13.0. The monoisotopic (exact) mass is 476 g/mol. The molecule has 6 rings (SSSR count). The minimum absolute atomic E-state index is 0.0515. The molecule has 6 aliphatic rings. The third-order valence-electron chi connectivity index (χ3n) is 10.4. The number of allylic oxidation sites excluding steroid dienone is 1. The van der Waals surface area contributed by atoms with E-state index in [0.29, 0.717) is 36.6 Å². The van der Waals surface area contributed by atoms with Crippen LogP contribution < -0.4 is 0 Å². The van der Waals surface area contributed by atoms with Crippen LogP contribution in [0.15, 0.2) is 11.6 Å². The summed E-state index contributed by atoms with van der Waals surface area (Å²) in [6.45, 7) is 12.8. The standard InChI is InChI=1S/C26H40O6Si/c1-23-10-8-18(27)12-17(23)6-7-19-20-9-11-25(26(31-16-29-25)14-28-15-30-26)24(20,2)13-21(22(19)23)32-33(3,4)5/h12,19-22H,6-11,13-16H2,1-5H3/t19-,20-,21+,22+,23-,24+,25+,26-/m0/s1. The first-order chi connectivity index (χ1) is 15.5. The van der Waals surface area contributed by atoms with E-state index in [1.165, 1.54) is 5.57 Å². The molecule has 0 bridgehead atoms. The Morgan fingerprint density at radius 3 is 2.55 bits per heavy atom. The Morgan fingerprint density at radius 1 is 1.03 bits per heavy atom. The molecule has 0 radical (unpaired) electrons. The summed E-state index contributed by atoms with van der Waals surface area (Å²) in [4.78, 5) is 12.3. The predicted octanol–water partition coefficient (Wildman–Crippen LogP) is 4.79. The van der Waals surface area contributed by atoms with E-state index in [1.807, 2.05) is 6.08 Å². The SMILES string of the molecule is C[C@]12CCC(=O)C=C1CC[C@@H]1[C@@H]2[C@H](O[Si](C)(C)C)C[C@]2(C)[C@H]1CC[C@@]21OCO[C@@]12COCO2. The van der Waals surface area contributed by atoms with Gasteiger partial charge in [0.1, 0.15) is 12.2 Å². The summed E-state index contributed by atoms with van der Waals surface area (Å²) in [7, 11) is -1.81. The third kappa shape index (κ3) is 2.99. The second-order valence-corrected chi connectivity index (χ2v) is 17.4. The van der Waals surface area contributed by atoms with Crippen molar-refractivity contribution in [1.29, 1.82) is 0 Å². The van der Waals surface area contributed by atoms with Gasteiger partial charge in [-0.25, -0.2) is 0 Å². The fraction of sp³-hybridized carbons (Fsp3) is 0.885. The lowest BCUT2D eigenvalue weighted by molar-refractivity contribution is -0.256. The summed E-state index contributed by atoms with van der Waals surface area (Å²) in [6.07, 6.45) is 8.95. The largest absolute Gasteiger partial charge is 0.414 e. The zero-order chi connectivity index (χ0) is 23.3. The number of fused-ring (bicyclic) bond motifs is 7. The molecule has 0 aromatic heterocycles. The minimum atomic E-state index is -1.81. The van der Waals surface area contributed by atoms with E-state index in [0.717, 1.165) is 38.5 Å². The maximum absolute atomic E-state index is 12.3. The molecule has 0 aromatic carbocycles. The zero-order valence-electron chi connectivity index (χ0n) is 20.9. The van der Waals surface area contributed by atoms with E-state index in [-0.39, 0.29) is 30.5 Å². The van der Waals surface area contributed by atoms with Crippen molar-refractivity contribution in [3.05, 3.63) is 11.6 Å². The molecule has 184 valence electrons. The second kappa shape index (κ2) is 7.23. The minimum Gasteiger partial charge on any atom is -0.414 e. The molecular weight excluding hydrogens is 436 g/mol. The molecule has 0 unspecified atom stereocenters. The Labute approximate surface area is 198 Å². The summed E-state index contributed by atoms with van der Waals surface area (Å²) >= 11 is 0. The summed E-state index contributed by atoms with van der Waals surface area (Å²) in [5, 5.41) is 0. The predicted molar refractivity (Wildman–Crippen MR) is 125 cm³/mol. The number of carbonyl (C=O) groups excluding carboxylic acids is 1. The highest BCUT2D eigenvalue weighted by Crippen LogP contribution is 2.72. The van der Waals surface area contributed by atoms with Gasteiger partial charge < -0.3 is 23.4 Å². The van der Waals surface area contributed by atoms with Crippen LogP contribution in [0.3, 0.4) is 0 Å². The number of carbonyl (C=O) groups is 1. The Balaban J connectivity index is 1.45. The summed E-state index contributed by atoms with van der Waals surface area (Å²) in [5.41, 5.74) is 0.831. The van der Waals surface area contributed by atoms with Crippen LogP contribution in [0.4, 0.5) is 0 Å². The number of rotatable bonds is 2. The Bertz CT molecular complexity index is 869. The van der Waals surface area contributed by atoms with Gasteiger partial charge in [-0.3, -0.25) is 4.79 Å². The highest BCUT2D eigenvalue weighted by molar-refractivity contribution is 6.69. The lowest BCUT2D eigenvalue weighted by Crippen LogP contribution is -2.67. The van der Waals surface area contributed by atoms with E-state index in [2.05, 4.69) is 33.5 Å². The molecule has 33 heavy (non-hydrogen) atoms. The van der Waals surface area contributed by atoms with Gasteiger partial charge in [-0.2, -0.15) is 0 Å². The lowest BCUT2D eigenvalue weighted by Gasteiger charge is -2.63. The van der Waals surface area contributed by atoms with E-state index in [4.69, 9.17) is 23.4 Å². The molecule has 0 aromatic rings. The molecule has 2 heterocycles. The molecular formula is C26H40O6Si. The lowest BCUT2D eigenvalue weighted by atomic mass is 9.45. The maximum Gasteiger partial charge on any atom is 0.226 e. The van der Waals surface area contributed by atoms with Crippen LogP contribution in [0, 0.1) is 28.6 Å². The molecule has 3 saturated carbocycles. The van der Waals surface area contributed by atoms with Gasteiger partial charge in [-0.05, 0) is 87.4 Å². The highest BCUT2D eigenvalue weighted by Gasteiger charge is 2.77. The summed E-state index contributed by atoms with van der Waals surface area (Å²) in [6, 6.07) is 0. The van der Waals surface area contributed by atoms with Gasteiger partial charge in [0.25, 0.3) is 0 Å². The van der Waals surface area contributed by atoms with Crippen molar-refractivity contribution in [3.63, 3.8) is 0 Å². The molecule has 4 aliphatic carbocycles. The number of hydrogen-bond donors (Lipinski definition) is 0. The van der Waals surface area contributed by atoms with Crippen LogP contribution in [0.2, 0.25) is 19.6 Å². The van der Waals surface area contributed by atoms with Crippen LogP contribution in [-0.4, -0.2) is 51.8 Å². The molecule has 0 amide bonds. The molecule has 7 heteroatoms. The van der Waals surface area contributed by atoms with Crippen molar-refractivity contribution in [2.24, 2.45) is 28.6 Å². The van der Waals surface area contributed by atoms with Crippen molar-refractivity contribution in [1.82, 2.24) is 0 Å². The van der Waals surface area contributed by atoms with Crippen LogP contribution in [-0.2, 0) is 28.2 Å². The van der Waals surface area contributed by atoms with Crippen molar-refractivity contribution < 1.29 is 28.2 Å². The smallest absolute Gasteiger partial charge is 0.226 e. The van der Waals surface area contributed by atoms with Crippen LogP contribution in [0.25, 0.3) is 0 Å². The van der Waals surface area contributed by atoms with Gasteiger partial charge in [0.05, 0.1) is 0 Å². The molecule has 2 spiro atoms. The molecule has 6 nitrogen and oxygen atoms in total. The Morgan fingerprint density at radius 2 is 1.82 bits per heavy atom. The molecule has 5 fully saturated rings. The average molecular weight is 477 g/mol. The third-order valence-corrected chi connectivity index (χ3v) is 11.4. The topological polar surface area (TPSA) is 63.2 Å². The molecule has 0 N–H and O–H groups in total. The fourth-order valence-corrected chi connectivity index (χ4v) is 10.3. The van der Waals surface area contributed by atoms with E-state index in [1.54, 1.807) is 0 Å². The molecule has 2 aliphatic heterocycles. The van der Waals surface area contributed by atoms with E-state index < -0.39 is 19.7 Å². The van der Waals surface area contributed by atoms with Gasteiger partial charge in [-0.1, -0.05) is 19.4 Å². The van der Waals surface area contributed by atoms with Gasteiger partial charge in [0.2, 0.25) is 5.79 Å². The first kappa shape index (κ1) is 22.9. The average Bonchev–Trinajstić information content (AvgIpc) is 3.42. The van der Waals surface area contributed by atoms with E-state index in [9.17, 15) is 4.79 Å². The Hall–Kier alpha value is -0.573. The Kier molecular flexibility index (Phi) is 5.01. The maximum atomic E-state index is 12.3. The summed E-state index contributed by atoms with van der Waals surface area (Å²) < 4.78 is 31.8. The van der Waals surface area contributed by atoms with Gasteiger partial charge >= 0.3 is 0 Å². The van der Waals surface area contributed by atoms with Gasteiger partial charge in [-0.15, -0.1) is 0 Å². The quantitative estimate of drug-likeness (QED) is 0.534. The van der Waals surface area contributed by atoms with Crippen molar-refractivity contribution >= 4 is 14.1 Å². The number of hydrogen-bond acceptors (Lipinski definition) is 6. The fourth-order valence-electron chi connectivity index (χ4n) is 9.19. The van der Waals surface area contributed by atoms with Crippen LogP contribution in [0.1, 0.15) is 58.8 Å². The van der Waals surface area contributed by atoms with Crippen molar-refractivity contribution in [2.75, 3.05) is 20.2 Å². The number of ether oxygens (including phenoxy) is 4. The van der Waals surface area contributed by atoms with Crippen molar-refractivity contribution in [2.45, 2.75) is 95.9 Å². The van der Waals surface area contributed by atoms with E-state index >= 15 is 0 Å². The van der Waals surface area contributed by atoms with Gasteiger partial charge in [0, 0.05) is 17.9 Å². The van der Waals surface area contributed by atoms with Crippen LogP contribution >= 0.6 is 0 Å².